The zero-order valence-electron chi connectivity index (χ0n) is 20.4. The van der Waals surface area contributed by atoms with Crippen LogP contribution >= 0.6 is 0 Å². The molecule has 1 aromatic carbocycles. The van der Waals surface area contributed by atoms with Crippen molar-refractivity contribution in [1.82, 2.24) is 0 Å². The van der Waals surface area contributed by atoms with E-state index < -0.39 is 16.6 Å². The molecule has 0 aliphatic heterocycles. The Kier molecular flexibility index (Phi) is 8.87. The number of non-ortho nitro benzene ring substituents is 1. The molecule has 0 radical (unpaired) electrons. The SMILES string of the molecule is CC(C)(CCCN(CCO[Si](C)(C)C(C)(C)C)c1ccc([N+](=O)[O-])cc1)[Si](C)(C)O. The molecule has 30 heavy (non-hydrogen) atoms. The van der Waals surface area contributed by atoms with Gasteiger partial charge in [-0.1, -0.05) is 34.6 Å². The molecule has 0 aliphatic carbocycles. The molecule has 0 fully saturated rings. The van der Waals surface area contributed by atoms with E-state index in [1.165, 1.54) is 0 Å². The first-order chi connectivity index (χ1) is 13.5. The second-order valence-electron chi connectivity index (χ2n) is 10.9. The molecule has 0 atom stereocenters. The van der Waals surface area contributed by atoms with Crippen molar-refractivity contribution >= 4 is 28.0 Å². The van der Waals surface area contributed by atoms with Crippen molar-refractivity contribution in [3.63, 3.8) is 0 Å². The molecule has 0 saturated carbocycles. The average Bonchev–Trinajstić information content (AvgIpc) is 2.58. The highest BCUT2D eigenvalue weighted by Gasteiger charge is 2.38. The number of nitrogens with zero attached hydrogens (tertiary/aromatic N) is 2. The summed E-state index contributed by atoms with van der Waals surface area (Å²) in [6.07, 6.45) is 1.89. The van der Waals surface area contributed by atoms with Crippen molar-refractivity contribution in [2.75, 3.05) is 24.6 Å². The molecular weight excluding hydrogens is 412 g/mol. The fourth-order valence-corrected chi connectivity index (χ4v) is 4.62. The summed E-state index contributed by atoms with van der Waals surface area (Å²) in [6, 6.07) is 6.76. The second kappa shape index (κ2) is 9.93. The maximum atomic E-state index is 11.0. The second-order valence-corrected chi connectivity index (χ2v) is 20.2. The highest BCUT2D eigenvalue weighted by Crippen LogP contribution is 2.40. The van der Waals surface area contributed by atoms with Gasteiger partial charge < -0.3 is 14.1 Å². The highest BCUT2D eigenvalue weighted by molar-refractivity contribution is 6.74. The topological polar surface area (TPSA) is 75.8 Å². The van der Waals surface area contributed by atoms with Gasteiger partial charge in [-0.3, -0.25) is 10.1 Å². The molecule has 0 bridgehead atoms. The predicted molar refractivity (Wildman–Crippen MR) is 131 cm³/mol. The maximum absolute atomic E-state index is 11.0. The van der Waals surface area contributed by atoms with Crippen LogP contribution in [0.3, 0.4) is 0 Å². The Morgan fingerprint density at radius 3 is 2.00 bits per heavy atom. The highest BCUT2D eigenvalue weighted by atomic mass is 28.4. The van der Waals surface area contributed by atoms with E-state index in [-0.39, 0.29) is 20.7 Å². The first kappa shape index (κ1) is 26.8. The Balaban J connectivity index is 2.87. The van der Waals surface area contributed by atoms with Gasteiger partial charge in [0.05, 0.1) is 11.5 Å². The maximum Gasteiger partial charge on any atom is 0.269 e. The number of anilines is 1. The van der Waals surface area contributed by atoms with Gasteiger partial charge in [0.2, 0.25) is 0 Å². The molecule has 1 rings (SSSR count). The molecule has 8 heteroatoms. The third-order valence-electron chi connectivity index (χ3n) is 6.94. The smallest absolute Gasteiger partial charge is 0.269 e. The summed E-state index contributed by atoms with van der Waals surface area (Å²) in [5, 5.41) is 11.1. The van der Waals surface area contributed by atoms with Gasteiger partial charge in [0.15, 0.2) is 16.6 Å². The van der Waals surface area contributed by atoms with E-state index in [4.69, 9.17) is 4.43 Å². The van der Waals surface area contributed by atoms with Crippen LogP contribution in [0.25, 0.3) is 0 Å². The first-order valence-corrected chi connectivity index (χ1v) is 16.7. The van der Waals surface area contributed by atoms with Crippen LogP contribution in [0, 0.1) is 10.1 Å². The van der Waals surface area contributed by atoms with Crippen molar-refractivity contribution in [2.24, 2.45) is 0 Å². The van der Waals surface area contributed by atoms with Gasteiger partial charge in [0.25, 0.3) is 5.69 Å². The Bertz CT molecular complexity index is 661. The van der Waals surface area contributed by atoms with Crippen LogP contribution in [0.15, 0.2) is 24.3 Å². The van der Waals surface area contributed by atoms with Gasteiger partial charge in [0.1, 0.15) is 0 Å². The summed E-state index contributed by atoms with van der Waals surface area (Å²) < 4.78 is 6.37. The monoisotopic (exact) mass is 454 g/mol. The number of hydrogen-bond donors (Lipinski definition) is 1. The largest absolute Gasteiger partial charge is 0.432 e. The van der Waals surface area contributed by atoms with E-state index in [1.807, 2.05) is 25.2 Å². The van der Waals surface area contributed by atoms with Gasteiger partial charge in [-0.05, 0) is 61.2 Å². The standard InChI is InChI=1S/C22H42N2O4Si2/c1-21(2,3)30(8,9)28-18-17-23(16-10-15-22(4,5)29(6,7)27)19-11-13-20(14-12-19)24(25)26/h11-14,27H,10,15-18H2,1-9H3. The summed E-state index contributed by atoms with van der Waals surface area (Å²) in [5.41, 5.74) is 1.07. The molecule has 0 spiro atoms. The summed E-state index contributed by atoms with van der Waals surface area (Å²) in [5.74, 6) is 0. The lowest BCUT2D eigenvalue weighted by Gasteiger charge is -2.38. The summed E-state index contributed by atoms with van der Waals surface area (Å²) in [4.78, 5) is 23.4. The Labute approximate surface area is 185 Å². The van der Waals surface area contributed by atoms with Gasteiger partial charge in [-0.2, -0.15) is 0 Å². The molecule has 1 aromatic rings. The van der Waals surface area contributed by atoms with Crippen LogP contribution in [-0.2, 0) is 4.43 Å². The number of nitro benzene ring substituents is 1. The quantitative estimate of drug-likeness (QED) is 0.245. The number of rotatable bonds is 11. The summed E-state index contributed by atoms with van der Waals surface area (Å²) >= 11 is 0. The van der Waals surface area contributed by atoms with Gasteiger partial charge in [0, 0.05) is 30.9 Å². The van der Waals surface area contributed by atoms with Crippen molar-refractivity contribution in [3.8, 4) is 0 Å². The van der Waals surface area contributed by atoms with Crippen LogP contribution in [0.5, 0.6) is 0 Å². The van der Waals surface area contributed by atoms with Gasteiger partial charge in [-0.15, -0.1) is 0 Å². The molecule has 172 valence electrons. The molecular formula is C22H42N2O4Si2. The Morgan fingerprint density at radius 2 is 1.57 bits per heavy atom. The Morgan fingerprint density at radius 1 is 1.03 bits per heavy atom. The van der Waals surface area contributed by atoms with Crippen molar-refractivity contribution in [3.05, 3.63) is 34.4 Å². The lowest BCUT2D eigenvalue weighted by atomic mass is 10.1. The van der Waals surface area contributed by atoms with Crippen LogP contribution in [-0.4, -0.2) is 46.1 Å². The van der Waals surface area contributed by atoms with Crippen LogP contribution < -0.4 is 4.90 Å². The fourth-order valence-electron chi connectivity index (χ4n) is 2.80. The van der Waals surface area contributed by atoms with E-state index in [2.05, 4.69) is 52.6 Å². The number of nitro groups is 1. The normalized spacial score (nSPS) is 13.4. The minimum atomic E-state index is -2.24. The van der Waals surface area contributed by atoms with Gasteiger partial charge in [-0.25, -0.2) is 0 Å². The van der Waals surface area contributed by atoms with Crippen LogP contribution in [0.2, 0.25) is 36.3 Å². The molecule has 0 unspecified atom stereocenters. The zero-order valence-corrected chi connectivity index (χ0v) is 22.4. The van der Waals surface area contributed by atoms with E-state index >= 15 is 0 Å². The predicted octanol–water partition coefficient (Wildman–Crippen LogP) is 6.18. The van der Waals surface area contributed by atoms with Crippen molar-refractivity contribution in [1.29, 1.82) is 0 Å². The minimum Gasteiger partial charge on any atom is -0.432 e. The lowest BCUT2D eigenvalue weighted by Crippen LogP contribution is -2.43. The average molecular weight is 455 g/mol. The summed E-state index contributed by atoms with van der Waals surface area (Å²) in [6.45, 7) is 21.7. The summed E-state index contributed by atoms with van der Waals surface area (Å²) in [7, 11) is -4.07. The van der Waals surface area contributed by atoms with Crippen molar-refractivity contribution < 1.29 is 14.1 Å². The number of hydrogen-bond acceptors (Lipinski definition) is 5. The minimum absolute atomic E-state index is 0.0637. The Hall–Kier alpha value is -1.23. The molecule has 0 amide bonds. The third-order valence-corrected chi connectivity index (χ3v) is 15.0. The van der Waals surface area contributed by atoms with Gasteiger partial charge >= 0.3 is 0 Å². The fraction of sp³-hybridized carbons (Fsp3) is 0.727. The number of benzene rings is 1. The molecule has 0 aliphatic rings. The van der Waals surface area contributed by atoms with E-state index in [0.29, 0.717) is 6.61 Å². The third kappa shape index (κ3) is 7.48. The molecule has 0 aromatic heterocycles. The molecule has 6 nitrogen and oxygen atoms in total. The molecule has 1 N–H and O–H groups in total. The zero-order chi connectivity index (χ0) is 23.4. The molecule has 0 heterocycles. The van der Waals surface area contributed by atoms with Crippen LogP contribution in [0.4, 0.5) is 11.4 Å². The first-order valence-electron chi connectivity index (χ1n) is 10.8. The van der Waals surface area contributed by atoms with E-state index in [9.17, 15) is 14.9 Å². The van der Waals surface area contributed by atoms with E-state index in [0.717, 1.165) is 31.6 Å². The van der Waals surface area contributed by atoms with Crippen molar-refractivity contribution in [2.45, 2.75) is 83.7 Å². The van der Waals surface area contributed by atoms with Crippen LogP contribution in [0.1, 0.15) is 47.5 Å². The lowest BCUT2D eigenvalue weighted by molar-refractivity contribution is -0.384. The van der Waals surface area contributed by atoms with E-state index in [1.54, 1.807) is 12.1 Å². The molecule has 0 saturated heterocycles.